The van der Waals surface area contributed by atoms with Gasteiger partial charge in [-0.1, -0.05) is 0 Å². The van der Waals surface area contributed by atoms with E-state index in [1.54, 1.807) is 7.11 Å². The first-order chi connectivity index (χ1) is 9.79. The fourth-order valence-electron chi connectivity index (χ4n) is 2.99. The first kappa shape index (κ1) is 15.7. The highest BCUT2D eigenvalue weighted by molar-refractivity contribution is 5.76. The molecule has 0 aliphatic carbocycles. The van der Waals surface area contributed by atoms with Crippen LogP contribution in [0.1, 0.15) is 38.5 Å². The molecule has 5 nitrogen and oxygen atoms in total. The Morgan fingerprint density at radius 3 is 2.90 bits per heavy atom. The minimum Gasteiger partial charge on any atom is -0.383 e. The monoisotopic (exact) mass is 284 g/mol. The van der Waals surface area contributed by atoms with Gasteiger partial charge in [0.15, 0.2) is 0 Å². The summed E-state index contributed by atoms with van der Waals surface area (Å²) in [5.41, 5.74) is 0. The van der Waals surface area contributed by atoms with Crippen molar-refractivity contribution in [2.45, 2.75) is 50.7 Å². The Bertz CT molecular complexity index is 287. The number of hydrogen-bond acceptors (Lipinski definition) is 4. The molecule has 0 saturated carbocycles. The highest BCUT2D eigenvalue weighted by atomic mass is 16.5. The third-order valence-corrected chi connectivity index (χ3v) is 4.20. The van der Waals surface area contributed by atoms with E-state index in [-0.39, 0.29) is 12.0 Å². The van der Waals surface area contributed by atoms with Crippen LogP contribution in [0.5, 0.6) is 0 Å². The van der Waals surface area contributed by atoms with Crippen LogP contribution in [-0.4, -0.2) is 62.9 Å². The molecule has 2 atom stereocenters. The van der Waals surface area contributed by atoms with Crippen molar-refractivity contribution >= 4 is 5.91 Å². The average molecular weight is 284 g/mol. The van der Waals surface area contributed by atoms with Crippen molar-refractivity contribution in [3.63, 3.8) is 0 Å². The largest absolute Gasteiger partial charge is 0.383 e. The summed E-state index contributed by atoms with van der Waals surface area (Å²) in [6.07, 6.45) is 6.35. The lowest BCUT2D eigenvalue weighted by molar-refractivity contribution is -0.136. The minimum absolute atomic E-state index is 0.123. The Morgan fingerprint density at radius 2 is 2.25 bits per heavy atom. The summed E-state index contributed by atoms with van der Waals surface area (Å²) < 4.78 is 10.8. The Balaban J connectivity index is 1.81. The van der Waals surface area contributed by atoms with Gasteiger partial charge >= 0.3 is 0 Å². The van der Waals surface area contributed by atoms with Crippen LogP contribution in [-0.2, 0) is 14.3 Å². The maximum absolute atomic E-state index is 12.5. The predicted octanol–water partition coefficient (Wildman–Crippen LogP) is 1.17. The SMILES string of the molecule is COCCN(CC1CCCN1)C(=O)CC1CCCCO1. The van der Waals surface area contributed by atoms with E-state index in [4.69, 9.17) is 9.47 Å². The Labute approximate surface area is 122 Å². The summed E-state index contributed by atoms with van der Waals surface area (Å²) in [6, 6.07) is 0.447. The van der Waals surface area contributed by atoms with Crippen LogP contribution in [0.2, 0.25) is 0 Å². The number of carbonyl (C=O) groups is 1. The number of ether oxygens (including phenoxy) is 2. The van der Waals surface area contributed by atoms with Crippen molar-refractivity contribution in [1.29, 1.82) is 0 Å². The Hall–Kier alpha value is -0.650. The lowest BCUT2D eigenvalue weighted by Crippen LogP contribution is -2.44. The molecule has 2 aliphatic rings. The standard InChI is InChI=1S/C15H28N2O3/c1-19-10-8-17(12-13-5-4-7-16-13)15(18)11-14-6-2-3-9-20-14/h13-14,16H,2-12H2,1H3. The van der Waals surface area contributed by atoms with Crippen molar-refractivity contribution in [2.24, 2.45) is 0 Å². The molecule has 116 valence electrons. The highest BCUT2D eigenvalue weighted by Crippen LogP contribution is 2.17. The van der Waals surface area contributed by atoms with E-state index in [1.165, 1.54) is 12.8 Å². The molecule has 2 heterocycles. The molecule has 2 aliphatic heterocycles. The summed E-state index contributed by atoms with van der Waals surface area (Å²) in [7, 11) is 1.68. The zero-order valence-corrected chi connectivity index (χ0v) is 12.6. The molecule has 20 heavy (non-hydrogen) atoms. The number of rotatable bonds is 7. The number of methoxy groups -OCH3 is 1. The molecule has 0 aromatic rings. The molecule has 1 amide bonds. The van der Waals surface area contributed by atoms with Gasteiger partial charge in [-0.15, -0.1) is 0 Å². The molecule has 0 radical (unpaired) electrons. The second-order valence-corrected chi connectivity index (χ2v) is 5.82. The lowest BCUT2D eigenvalue weighted by atomic mass is 10.1. The van der Waals surface area contributed by atoms with Crippen molar-refractivity contribution in [2.75, 3.05) is 40.0 Å². The molecular weight excluding hydrogens is 256 g/mol. The van der Waals surface area contributed by atoms with Gasteiger partial charge in [-0.05, 0) is 38.6 Å². The van der Waals surface area contributed by atoms with Crippen LogP contribution in [0.15, 0.2) is 0 Å². The van der Waals surface area contributed by atoms with Gasteiger partial charge in [-0.2, -0.15) is 0 Å². The summed E-state index contributed by atoms with van der Waals surface area (Å²) in [5, 5.41) is 3.46. The molecule has 5 heteroatoms. The third kappa shape index (κ3) is 5.04. The summed E-state index contributed by atoms with van der Waals surface area (Å²) in [4.78, 5) is 14.4. The van der Waals surface area contributed by atoms with Crippen LogP contribution in [0.3, 0.4) is 0 Å². The van der Waals surface area contributed by atoms with Gasteiger partial charge < -0.3 is 19.7 Å². The normalized spacial score (nSPS) is 26.6. The first-order valence-corrected chi connectivity index (χ1v) is 7.91. The zero-order chi connectivity index (χ0) is 14.2. The van der Waals surface area contributed by atoms with Crippen LogP contribution in [0.4, 0.5) is 0 Å². The van der Waals surface area contributed by atoms with Gasteiger partial charge in [-0.3, -0.25) is 4.79 Å². The second kappa shape index (κ2) is 8.60. The van der Waals surface area contributed by atoms with Crippen LogP contribution >= 0.6 is 0 Å². The maximum atomic E-state index is 12.5. The summed E-state index contributed by atoms with van der Waals surface area (Å²) in [5.74, 6) is 0.211. The molecule has 0 bridgehead atoms. The zero-order valence-electron chi connectivity index (χ0n) is 12.6. The van der Waals surface area contributed by atoms with Gasteiger partial charge in [0.25, 0.3) is 0 Å². The number of hydrogen-bond donors (Lipinski definition) is 1. The maximum Gasteiger partial charge on any atom is 0.225 e. The van der Waals surface area contributed by atoms with Gasteiger partial charge in [0.1, 0.15) is 0 Å². The van der Waals surface area contributed by atoms with Gasteiger partial charge in [0, 0.05) is 32.8 Å². The number of nitrogens with one attached hydrogen (secondary N) is 1. The number of nitrogens with zero attached hydrogens (tertiary/aromatic N) is 1. The third-order valence-electron chi connectivity index (χ3n) is 4.20. The van der Waals surface area contributed by atoms with Crippen molar-refractivity contribution in [1.82, 2.24) is 10.2 Å². The van der Waals surface area contributed by atoms with Gasteiger partial charge in [-0.25, -0.2) is 0 Å². The Kier molecular flexibility index (Phi) is 6.76. The van der Waals surface area contributed by atoms with E-state index in [0.29, 0.717) is 25.6 Å². The van der Waals surface area contributed by atoms with E-state index in [1.807, 2.05) is 4.90 Å². The molecule has 2 rings (SSSR count). The molecule has 0 aromatic heterocycles. The van der Waals surface area contributed by atoms with Crippen LogP contribution < -0.4 is 5.32 Å². The first-order valence-electron chi connectivity index (χ1n) is 7.91. The molecule has 0 aromatic carbocycles. The van der Waals surface area contributed by atoms with E-state index in [0.717, 1.165) is 39.0 Å². The molecule has 2 fully saturated rings. The highest BCUT2D eigenvalue weighted by Gasteiger charge is 2.24. The van der Waals surface area contributed by atoms with E-state index in [9.17, 15) is 4.79 Å². The van der Waals surface area contributed by atoms with Gasteiger partial charge in [0.05, 0.1) is 19.1 Å². The summed E-state index contributed by atoms with van der Waals surface area (Å²) in [6.45, 7) is 3.96. The van der Waals surface area contributed by atoms with E-state index in [2.05, 4.69) is 5.32 Å². The smallest absolute Gasteiger partial charge is 0.225 e. The fraction of sp³-hybridized carbons (Fsp3) is 0.933. The van der Waals surface area contributed by atoms with Crippen LogP contribution in [0, 0.1) is 0 Å². The molecule has 0 spiro atoms. The molecule has 1 N–H and O–H groups in total. The topological polar surface area (TPSA) is 50.8 Å². The second-order valence-electron chi connectivity index (χ2n) is 5.82. The van der Waals surface area contributed by atoms with Crippen molar-refractivity contribution in [3.8, 4) is 0 Å². The van der Waals surface area contributed by atoms with Gasteiger partial charge in [0.2, 0.25) is 5.91 Å². The molecule has 2 unspecified atom stereocenters. The lowest BCUT2D eigenvalue weighted by Gasteiger charge is -2.29. The quantitative estimate of drug-likeness (QED) is 0.762. The molecular formula is C15H28N2O3. The van der Waals surface area contributed by atoms with Crippen molar-refractivity contribution in [3.05, 3.63) is 0 Å². The number of amides is 1. The molecule has 2 saturated heterocycles. The fourth-order valence-corrected chi connectivity index (χ4v) is 2.99. The van der Waals surface area contributed by atoms with E-state index < -0.39 is 0 Å². The Morgan fingerprint density at radius 1 is 1.35 bits per heavy atom. The average Bonchev–Trinajstić information content (AvgIpc) is 2.97. The van der Waals surface area contributed by atoms with E-state index >= 15 is 0 Å². The minimum atomic E-state index is 0.123. The summed E-state index contributed by atoms with van der Waals surface area (Å²) >= 11 is 0. The predicted molar refractivity (Wildman–Crippen MR) is 77.7 cm³/mol. The van der Waals surface area contributed by atoms with Crippen molar-refractivity contribution < 1.29 is 14.3 Å². The van der Waals surface area contributed by atoms with Crippen LogP contribution in [0.25, 0.3) is 0 Å². The number of carbonyl (C=O) groups excluding carboxylic acids is 1.